The summed E-state index contributed by atoms with van der Waals surface area (Å²) < 4.78 is 30.8. The molecule has 8 heteroatoms. The first kappa shape index (κ1) is 16.7. The number of carboxylic acid groups (broad SMARTS) is 1. The van der Waals surface area contributed by atoms with Crippen LogP contribution in [0.4, 0.5) is 0 Å². The lowest BCUT2D eigenvalue weighted by molar-refractivity contribution is -0.158. The van der Waals surface area contributed by atoms with Crippen molar-refractivity contribution in [2.75, 3.05) is 18.8 Å². The zero-order chi connectivity index (χ0) is 16.4. The minimum absolute atomic E-state index is 0.00957. The first-order chi connectivity index (χ1) is 10.3. The molecule has 1 aromatic heterocycles. The van der Waals surface area contributed by atoms with Crippen LogP contribution in [0.25, 0.3) is 0 Å². The summed E-state index contributed by atoms with van der Waals surface area (Å²) >= 11 is 0. The van der Waals surface area contributed by atoms with Crippen molar-refractivity contribution in [1.29, 1.82) is 0 Å². The fraction of sp³-hybridized carbons (Fsp3) is 0.571. The van der Waals surface area contributed by atoms with Gasteiger partial charge in [0.2, 0.25) is 15.6 Å². The van der Waals surface area contributed by atoms with E-state index in [0.717, 1.165) is 0 Å². The second-order valence-electron chi connectivity index (χ2n) is 5.29. The number of carbonyl (C=O) groups is 1. The van der Waals surface area contributed by atoms with E-state index in [9.17, 15) is 18.3 Å². The number of pyridine rings is 1. The Morgan fingerprint density at radius 3 is 2.59 bits per heavy atom. The van der Waals surface area contributed by atoms with Crippen molar-refractivity contribution in [3.05, 3.63) is 24.0 Å². The van der Waals surface area contributed by atoms with Gasteiger partial charge in [-0.2, -0.15) is 0 Å². The minimum Gasteiger partial charge on any atom is -0.478 e. The van der Waals surface area contributed by atoms with Gasteiger partial charge in [0, 0.05) is 32.1 Å². The number of aryl methyl sites for hydroxylation is 1. The third-order valence-electron chi connectivity index (χ3n) is 3.94. The maximum Gasteiger partial charge on any atom is 0.348 e. The summed E-state index contributed by atoms with van der Waals surface area (Å²) in [7, 11) is -3.31. The molecule has 1 aliphatic rings. The molecule has 1 aliphatic heterocycles. The molecule has 0 bridgehead atoms. The number of aliphatic carboxylic acids is 1. The summed E-state index contributed by atoms with van der Waals surface area (Å²) in [5.74, 6) is -0.656. The van der Waals surface area contributed by atoms with Gasteiger partial charge in [0.15, 0.2) is 0 Å². The molecule has 1 saturated heterocycles. The first-order valence-corrected chi connectivity index (χ1v) is 8.73. The summed E-state index contributed by atoms with van der Waals surface area (Å²) in [6.45, 7) is 3.59. The van der Waals surface area contributed by atoms with Crippen molar-refractivity contribution < 1.29 is 23.1 Å². The van der Waals surface area contributed by atoms with Gasteiger partial charge < -0.3 is 9.84 Å². The lowest BCUT2D eigenvalue weighted by Crippen LogP contribution is -2.54. The van der Waals surface area contributed by atoms with Crippen LogP contribution in [-0.2, 0) is 14.8 Å². The predicted octanol–water partition coefficient (Wildman–Crippen LogP) is 1.04. The van der Waals surface area contributed by atoms with E-state index in [1.165, 1.54) is 4.31 Å². The Balaban J connectivity index is 2.19. The van der Waals surface area contributed by atoms with E-state index in [1.54, 1.807) is 32.2 Å². The minimum atomic E-state index is -3.31. The maximum atomic E-state index is 11.9. The standard InChI is InChI=1S/C14H20N2O5S/c1-3-22(19,20)16-9-6-14(7-10-16,13(17)18)21-12-5-4-8-15-11(12)2/h4-5,8H,3,6-7,9-10H2,1-2H3,(H,17,18). The highest BCUT2D eigenvalue weighted by Gasteiger charge is 2.46. The summed E-state index contributed by atoms with van der Waals surface area (Å²) in [5, 5.41) is 9.57. The number of carboxylic acids is 1. The van der Waals surface area contributed by atoms with Crippen molar-refractivity contribution in [1.82, 2.24) is 9.29 Å². The topological polar surface area (TPSA) is 96.8 Å². The Bertz CT molecular complexity index is 651. The van der Waals surface area contributed by atoms with Gasteiger partial charge in [-0.3, -0.25) is 4.98 Å². The molecular formula is C14H20N2O5S. The normalized spacial score (nSPS) is 18.8. The molecule has 7 nitrogen and oxygen atoms in total. The lowest BCUT2D eigenvalue weighted by atomic mass is 9.92. The van der Waals surface area contributed by atoms with Crippen molar-refractivity contribution in [3.63, 3.8) is 0 Å². The monoisotopic (exact) mass is 328 g/mol. The zero-order valence-corrected chi connectivity index (χ0v) is 13.5. The van der Waals surface area contributed by atoms with Crippen molar-refractivity contribution in [2.24, 2.45) is 0 Å². The third-order valence-corrected chi connectivity index (χ3v) is 5.82. The molecule has 0 saturated carbocycles. The number of hydrogen-bond donors (Lipinski definition) is 1. The molecule has 0 aliphatic carbocycles. The molecular weight excluding hydrogens is 308 g/mol. The average Bonchev–Trinajstić information content (AvgIpc) is 2.50. The molecule has 0 amide bonds. The van der Waals surface area contributed by atoms with Crippen LogP contribution in [0.2, 0.25) is 0 Å². The second-order valence-corrected chi connectivity index (χ2v) is 7.55. The smallest absolute Gasteiger partial charge is 0.348 e. The Hall–Kier alpha value is -1.67. The number of piperidine rings is 1. The van der Waals surface area contributed by atoms with E-state index in [0.29, 0.717) is 11.4 Å². The molecule has 0 atom stereocenters. The molecule has 122 valence electrons. The molecule has 1 fully saturated rings. The Labute approximate surface area is 130 Å². The van der Waals surface area contributed by atoms with Gasteiger partial charge in [-0.15, -0.1) is 0 Å². The number of hydrogen-bond acceptors (Lipinski definition) is 5. The fourth-order valence-electron chi connectivity index (χ4n) is 2.46. The van der Waals surface area contributed by atoms with Gasteiger partial charge in [-0.1, -0.05) is 0 Å². The van der Waals surface area contributed by atoms with Crippen LogP contribution >= 0.6 is 0 Å². The molecule has 1 aromatic rings. The fourth-order valence-corrected chi connectivity index (χ4v) is 3.56. The molecule has 0 aromatic carbocycles. The molecule has 0 radical (unpaired) electrons. The van der Waals surface area contributed by atoms with E-state index in [4.69, 9.17) is 4.74 Å². The highest BCUT2D eigenvalue weighted by molar-refractivity contribution is 7.89. The molecule has 0 unspecified atom stereocenters. The number of ether oxygens (including phenoxy) is 1. The predicted molar refractivity (Wildman–Crippen MR) is 80.2 cm³/mol. The zero-order valence-electron chi connectivity index (χ0n) is 12.7. The average molecular weight is 328 g/mol. The van der Waals surface area contributed by atoms with Gasteiger partial charge >= 0.3 is 5.97 Å². The van der Waals surface area contributed by atoms with Crippen molar-refractivity contribution in [2.45, 2.75) is 32.3 Å². The Morgan fingerprint density at radius 1 is 1.45 bits per heavy atom. The summed E-state index contributed by atoms with van der Waals surface area (Å²) in [5.41, 5.74) is -0.806. The quantitative estimate of drug-likeness (QED) is 0.867. The lowest BCUT2D eigenvalue weighted by Gasteiger charge is -2.38. The maximum absolute atomic E-state index is 11.9. The molecule has 2 heterocycles. The van der Waals surface area contributed by atoms with Crippen LogP contribution in [0.3, 0.4) is 0 Å². The molecule has 1 N–H and O–H groups in total. The molecule has 0 spiro atoms. The van der Waals surface area contributed by atoms with Gasteiger partial charge in [0.25, 0.3) is 0 Å². The number of nitrogens with zero attached hydrogens (tertiary/aromatic N) is 2. The summed E-state index contributed by atoms with van der Waals surface area (Å²) in [6, 6.07) is 3.34. The van der Waals surface area contributed by atoms with Crippen LogP contribution in [0.5, 0.6) is 5.75 Å². The molecule has 2 rings (SSSR count). The van der Waals surface area contributed by atoms with E-state index in [1.807, 2.05) is 0 Å². The summed E-state index contributed by atoms with van der Waals surface area (Å²) in [6.07, 6.45) is 1.82. The number of rotatable bonds is 5. The van der Waals surface area contributed by atoms with Crippen LogP contribution in [-0.4, -0.2) is 53.2 Å². The summed E-state index contributed by atoms with van der Waals surface area (Å²) in [4.78, 5) is 15.8. The number of sulfonamides is 1. The Morgan fingerprint density at radius 2 is 2.09 bits per heavy atom. The van der Waals surface area contributed by atoms with Crippen LogP contribution in [0.15, 0.2) is 18.3 Å². The van der Waals surface area contributed by atoms with E-state index < -0.39 is 21.6 Å². The van der Waals surface area contributed by atoms with E-state index in [2.05, 4.69) is 4.98 Å². The first-order valence-electron chi connectivity index (χ1n) is 7.12. The Kier molecular flexibility index (Phi) is 4.72. The van der Waals surface area contributed by atoms with Crippen molar-refractivity contribution >= 4 is 16.0 Å². The van der Waals surface area contributed by atoms with Gasteiger partial charge in [0.05, 0.1) is 11.4 Å². The van der Waals surface area contributed by atoms with Crippen LogP contribution < -0.4 is 4.74 Å². The van der Waals surface area contributed by atoms with Gasteiger partial charge in [-0.05, 0) is 26.0 Å². The van der Waals surface area contributed by atoms with Crippen molar-refractivity contribution in [3.8, 4) is 5.75 Å². The molecule has 22 heavy (non-hydrogen) atoms. The van der Waals surface area contributed by atoms with E-state index >= 15 is 0 Å². The van der Waals surface area contributed by atoms with Crippen LogP contribution in [0, 0.1) is 6.92 Å². The third kappa shape index (κ3) is 3.22. The number of aromatic nitrogens is 1. The van der Waals surface area contributed by atoms with Gasteiger partial charge in [0.1, 0.15) is 5.75 Å². The highest BCUT2D eigenvalue weighted by Crippen LogP contribution is 2.31. The second kappa shape index (κ2) is 6.21. The van der Waals surface area contributed by atoms with Gasteiger partial charge in [-0.25, -0.2) is 17.5 Å². The highest BCUT2D eigenvalue weighted by atomic mass is 32.2. The SMILES string of the molecule is CCS(=O)(=O)N1CCC(Oc2cccnc2C)(C(=O)O)CC1. The largest absolute Gasteiger partial charge is 0.478 e. The van der Waals surface area contributed by atoms with E-state index in [-0.39, 0.29) is 31.7 Å². The van der Waals surface area contributed by atoms with Crippen LogP contribution in [0.1, 0.15) is 25.5 Å².